The average molecular weight is 915 g/mol. The molecule has 0 unspecified atom stereocenters. The zero-order chi connectivity index (χ0) is 47.3. The van der Waals surface area contributed by atoms with E-state index < -0.39 is 0 Å². The van der Waals surface area contributed by atoms with Crippen molar-refractivity contribution in [3.63, 3.8) is 0 Å². The highest BCUT2D eigenvalue weighted by atomic mass is 16.3. The molecule has 334 valence electrons. The minimum absolute atomic E-state index is 0.872. The summed E-state index contributed by atoms with van der Waals surface area (Å²) in [4.78, 5) is 0. The van der Waals surface area contributed by atoms with Crippen LogP contribution in [0.1, 0.15) is 0 Å². The molecule has 2 heterocycles. The molecule has 13 aromatic carbocycles. The van der Waals surface area contributed by atoms with Crippen molar-refractivity contribution < 1.29 is 8.83 Å². The van der Waals surface area contributed by atoms with E-state index in [4.69, 9.17) is 8.83 Å². The second kappa shape index (κ2) is 16.0. The lowest BCUT2D eigenvalue weighted by molar-refractivity contribution is 0.669. The summed E-state index contributed by atoms with van der Waals surface area (Å²) in [7, 11) is 0. The van der Waals surface area contributed by atoms with Gasteiger partial charge in [0.2, 0.25) is 0 Å². The largest absolute Gasteiger partial charge is 0.456 e. The number of hydrogen-bond donors (Lipinski definition) is 0. The molecule has 0 saturated carbocycles. The first-order chi connectivity index (χ1) is 35.8. The van der Waals surface area contributed by atoms with Crippen LogP contribution in [0.4, 0.5) is 0 Å². The Bertz CT molecular complexity index is 4550. The van der Waals surface area contributed by atoms with Gasteiger partial charge in [-0.1, -0.05) is 231 Å². The van der Waals surface area contributed by atoms with Crippen LogP contribution in [-0.4, -0.2) is 0 Å². The van der Waals surface area contributed by atoms with Gasteiger partial charge < -0.3 is 8.83 Å². The zero-order valence-electron chi connectivity index (χ0n) is 39.1. The zero-order valence-corrected chi connectivity index (χ0v) is 39.1. The number of para-hydroxylation sites is 2. The van der Waals surface area contributed by atoms with Gasteiger partial charge in [-0.2, -0.15) is 0 Å². The molecule has 15 rings (SSSR count). The lowest BCUT2D eigenvalue weighted by atomic mass is 9.82. The summed E-state index contributed by atoms with van der Waals surface area (Å²) in [6.45, 7) is 0. The summed E-state index contributed by atoms with van der Waals surface area (Å²) in [6, 6.07) is 92.3. The van der Waals surface area contributed by atoms with E-state index in [2.05, 4.69) is 249 Å². The maximum absolute atomic E-state index is 7.01. The lowest BCUT2D eigenvalue weighted by Gasteiger charge is -2.20. The van der Waals surface area contributed by atoms with Gasteiger partial charge >= 0.3 is 0 Å². The van der Waals surface area contributed by atoms with Crippen molar-refractivity contribution in [2.75, 3.05) is 0 Å². The van der Waals surface area contributed by atoms with Crippen LogP contribution in [0.15, 0.2) is 264 Å². The van der Waals surface area contributed by atoms with Crippen LogP contribution in [0, 0.1) is 0 Å². The van der Waals surface area contributed by atoms with Crippen LogP contribution in [0.25, 0.3) is 154 Å². The van der Waals surface area contributed by atoms with Crippen LogP contribution < -0.4 is 0 Å². The van der Waals surface area contributed by atoms with Gasteiger partial charge in [0.05, 0.1) is 0 Å². The van der Waals surface area contributed by atoms with Crippen molar-refractivity contribution in [1.82, 2.24) is 0 Å². The number of furan rings is 2. The Hall–Kier alpha value is -9.50. The van der Waals surface area contributed by atoms with Gasteiger partial charge in [-0.3, -0.25) is 0 Å². The average Bonchev–Trinajstić information content (AvgIpc) is 4.04. The van der Waals surface area contributed by atoms with Gasteiger partial charge in [0.15, 0.2) is 0 Å². The quantitative estimate of drug-likeness (QED) is 0.155. The highest BCUT2D eigenvalue weighted by molar-refractivity contribution is 6.28. The molecule has 0 fully saturated rings. The van der Waals surface area contributed by atoms with Crippen LogP contribution in [0.2, 0.25) is 0 Å². The van der Waals surface area contributed by atoms with Gasteiger partial charge in [-0.25, -0.2) is 0 Å². The Kier molecular flexibility index (Phi) is 8.99. The normalized spacial score (nSPS) is 11.9. The van der Waals surface area contributed by atoms with Gasteiger partial charge in [0.1, 0.15) is 22.3 Å². The molecule has 2 heteroatoms. The lowest BCUT2D eigenvalue weighted by Crippen LogP contribution is -1.93. The van der Waals surface area contributed by atoms with Crippen LogP contribution in [0.3, 0.4) is 0 Å². The Balaban J connectivity index is 0.919. The summed E-state index contributed by atoms with van der Waals surface area (Å²) in [5.41, 5.74) is 17.7. The van der Waals surface area contributed by atoms with E-state index in [1.807, 2.05) is 6.07 Å². The number of benzene rings is 13. The molecule has 72 heavy (non-hydrogen) atoms. The van der Waals surface area contributed by atoms with Gasteiger partial charge in [0, 0.05) is 27.1 Å². The van der Waals surface area contributed by atoms with Crippen LogP contribution in [0.5, 0.6) is 0 Å². The van der Waals surface area contributed by atoms with Gasteiger partial charge in [-0.05, 0) is 129 Å². The first kappa shape index (κ1) is 40.4. The maximum atomic E-state index is 7.01. The van der Waals surface area contributed by atoms with Crippen molar-refractivity contribution in [1.29, 1.82) is 0 Å². The molecular weight excluding hydrogens is 873 g/mol. The summed E-state index contributed by atoms with van der Waals surface area (Å²) in [5, 5.41) is 14.2. The molecule has 0 aliphatic carbocycles. The monoisotopic (exact) mass is 914 g/mol. The standard InChI is InChI=1S/C70H42O2/c1-2-19-43(20-3-1)46-21-4-5-22-48(46)65-53-27-10-12-29-55(53)67(56-30-13-11-28-54(56)65)60-42-41-47(70-69(60)58-32-15-17-35-62(58)72-70)44-37-39-45(40-38-44)64-49-23-6-8-25-51(49)66(52-26-9-7-24-50(52)64)59-33-18-36-63-68(59)57-31-14-16-34-61(57)71-63/h1-42H. The predicted molar refractivity (Wildman–Crippen MR) is 304 cm³/mol. The van der Waals surface area contributed by atoms with Crippen molar-refractivity contribution in [3.8, 4) is 66.8 Å². The van der Waals surface area contributed by atoms with Gasteiger partial charge in [0.25, 0.3) is 0 Å². The van der Waals surface area contributed by atoms with E-state index in [1.165, 1.54) is 87.6 Å². The van der Waals surface area contributed by atoms with E-state index in [-0.39, 0.29) is 0 Å². The van der Waals surface area contributed by atoms with E-state index >= 15 is 0 Å². The minimum Gasteiger partial charge on any atom is -0.456 e. The molecule has 0 aliphatic rings. The summed E-state index contributed by atoms with van der Waals surface area (Å²) < 4.78 is 13.4. The van der Waals surface area contributed by atoms with E-state index in [1.54, 1.807) is 0 Å². The van der Waals surface area contributed by atoms with Crippen molar-refractivity contribution >= 4 is 87.0 Å². The number of rotatable bonds is 6. The molecule has 0 saturated heterocycles. The molecule has 0 atom stereocenters. The molecule has 0 radical (unpaired) electrons. The summed E-state index contributed by atoms with van der Waals surface area (Å²) in [6.07, 6.45) is 0. The summed E-state index contributed by atoms with van der Waals surface area (Å²) in [5.74, 6) is 0. The minimum atomic E-state index is 0.872. The van der Waals surface area contributed by atoms with E-state index in [0.717, 1.165) is 66.1 Å². The molecule has 0 spiro atoms. The van der Waals surface area contributed by atoms with Crippen LogP contribution >= 0.6 is 0 Å². The smallest absolute Gasteiger partial charge is 0.143 e. The molecule has 0 bridgehead atoms. The number of hydrogen-bond acceptors (Lipinski definition) is 2. The van der Waals surface area contributed by atoms with Crippen LogP contribution in [-0.2, 0) is 0 Å². The molecule has 2 aromatic heterocycles. The maximum Gasteiger partial charge on any atom is 0.143 e. The highest BCUT2D eigenvalue weighted by Crippen LogP contribution is 2.51. The number of fused-ring (bicyclic) bond motifs is 10. The molecule has 0 amide bonds. The SMILES string of the molecule is c1ccc(-c2ccccc2-c2c3ccccc3c(-c3ccc(-c4ccc(-c5c6ccccc6c(-c6cccc7oc8ccccc8c67)c6ccccc56)cc4)c4oc5ccccc5c34)c3ccccc23)cc1. The topological polar surface area (TPSA) is 26.3 Å². The van der Waals surface area contributed by atoms with Gasteiger partial charge in [-0.15, -0.1) is 0 Å². The molecule has 15 aromatic rings. The molecular formula is C70H42O2. The first-order valence-corrected chi connectivity index (χ1v) is 24.7. The fraction of sp³-hybridized carbons (Fsp3) is 0. The fourth-order valence-electron chi connectivity index (χ4n) is 12.1. The third kappa shape index (κ3) is 6.03. The molecule has 0 N–H and O–H groups in total. The Morgan fingerprint density at radius 2 is 0.542 bits per heavy atom. The summed E-state index contributed by atoms with van der Waals surface area (Å²) >= 11 is 0. The molecule has 0 aliphatic heterocycles. The predicted octanol–water partition coefficient (Wildman–Crippen LogP) is 20.1. The Morgan fingerprint density at radius 1 is 0.181 bits per heavy atom. The third-order valence-corrected chi connectivity index (χ3v) is 15.1. The Morgan fingerprint density at radius 3 is 1.11 bits per heavy atom. The Labute approximate surface area is 415 Å². The second-order valence-electron chi connectivity index (χ2n) is 18.9. The second-order valence-corrected chi connectivity index (χ2v) is 18.9. The third-order valence-electron chi connectivity index (χ3n) is 15.1. The van der Waals surface area contributed by atoms with Crippen molar-refractivity contribution in [2.24, 2.45) is 0 Å². The van der Waals surface area contributed by atoms with Crippen molar-refractivity contribution in [2.45, 2.75) is 0 Å². The van der Waals surface area contributed by atoms with Crippen molar-refractivity contribution in [3.05, 3.63) is 255 Å². The fourth-order valence-corrected chi connectivity index (χ4v) is 12.1. The molecule has 2 nitrogen and oxygen atoms in total. The highest BCUT2D eigenvalue weighted by Gasteiger charge is 2.25. The first-order valence-electron chi connectivity index (χ1n) is 24.7. The van der Waals surface area contributed by atoms with E-state index in [9.17, 15) is 0 Å². The van der Waals surface area contributed by atoms with E-state index in [0.29, 0.717) is 0 Å².